The third-order valence-electron chi connectivity index (χ3n) is 3.99. The molecule has 0 radical (unpaired) electrons. The first-order valence-corrected chi connectivity index (χ1v) is 10.5. The monoisotopic (exact) mass is 430 g/mol. The molecule has 0 aliphatic carbocycles. The standard InChI is InChI=1S/C20H23FN6O2S/c1-14(2)29-12-4-11-22-19(28)18-17(13-30-20-23-9-3-10-24-20)27(26-25-18)16-7-5-15(21)6-8-16/h3,5-10,14H,4,11-13H2,1-2H3,(H,22,28). The van der Waals surface area contributed by atoms with Crippen LogP contribution >= 0.6 is 11.8 Å². The molecule has 1 N–H and O–H groups in total. The Labute approximate surface area is 178 Å². The molecule has 0 bridgehead atoms. The van der Waals surface area contributed by atoms with Crippen LogP contribution in [0.4, 0.5) is 4.39 Å². The molecule has 0 saturated carbocycles. The normalized spacial score (nSPS) is 11.1. The molecule has 10 heteroatoms. The highest BCUT2D eigenvalue weighted by atomic mass is 32.2. The molecular formula is C20H23FN6O2S. The van der Waals surface area contributed by atoms with E-state index >= 15 is 0 Å². The number of aromatic nitrogens is 5. The van der Waals surface area contributed by atoms with Crippen LogP contribution in [0.3, 0.4) is 0 Å². The van der Waals surface area contributed by atoms with Gasteiger partial charge in [0.15, 0.2) is 10.9 Å². The van der Waals surface area contributed by atoms with Crippen molar-refractivity contribution in [2.75, 3.05) is 13.2 Å². The lowest BCUT2D eigenvalue weighted by Gasteiger charge is -2.09. The minimum absolute atomic E-state index is 0.153. The Morgan fingerprint density at radius 2 is 1.97 bits per heavy atom. The highest BCUT2D eigenvalue weighted by Crippen LogP contribution is 2.22. The lowest BCUT2D eigenvalue weighted by molar-refractivity contribution is 0.0756. The summed E-state index contributed by atoms with van der Waals surface area (Å²) in [7, 11) is 0. The average molecular weight is 431 g/mol. The molecule has 2 aromatic heterocycles. The molecule has 3 rings (SSSR count). The Hall–Kier alpha value is -2.85. The number of benzene rings is 1. The smallest absolute Gasteiger partial charge is 0.273 e. The largest absolute Gasteiger partial charge is 0.379 e. The fraction of sp³-hybridized carbons (Fsp3) is 0.350. The highest BCUT2D eigenvalue weighted by Gasteiger charge is 2.21. The summed E-state index contributed by atoms with van der Waals surface area (Å²) in [6.07, 6.45) is 4.15. The van der Waals surface area contributed by atoms with Crippen molar-refractivity contribution in [1.29, 1.82) is 0 Å². The second-order valence-electron chi connectivity index (χ2n) is 6.62. The molecule has 1 amide bonds. The number of hydrogen-bond donors (Lipinski definition) is 1. The summed E-state index contributed by atoms with van der Waals surface area (Å²) in [4.78, 5) is 21.1. The van der Waals surface area contributed by atoms with Crippen LogP contribution in [0.5, 0.6) is 0 Å². The van der Waals surface area contributed by atoms with Gasteiger partial charge in [0.25, 0.3) is 5.91 Å². The molecule has 1 aromatic carbocycles. The first-order chi connectivity index (χ1) is 14.5. The van der Waals surface area contributed by atoms with Gasteiger partial charge in [-0.05, 0) is 50.6 Å². The Bertz CT molecular complexity index is 950. The molecule has 2 heterocycles. The molecule has 0 aliphatic heterocycles. The number of nitrogens with zero attached hydrogens (tertiary/aromatic N) is 5. The molecule has 0 spiro atoms. The summed E-state index contributed by atoms with van der Waals surface area (Å²) < 4.78 is 20.3. The predicted molar refractivity (Wildman–Crippen MR) is 111 cm³/mol. The first-order valence-electron chi connectivity index (χ1n) is 9.54. The Kier molecular flexibility index (Phi) is 7.86. The van der Waals surface area contributed by atoms with Crippen LogP contribution in [0, 0.1) is 5.82 Å². The molecule has 0 fully saturated rings. The van der Waals surface area contributed by atoms with Gasteiger partial charge in [0.05, 0.1) is 17.5 Å². The summed E-state index contributed by atoms with van der Waals surface area (Å²) >= 11 is 1.36. The maximum absolute atomic E-state index is 13.3. The summed E-state index contributed by atoms with van der Waals surface area (Å²) in [5.41, 5.74) is 1.40. The van der Waals surface area contributed by atoms with Crippen molar-refractivity contribution < 1.29 is 13.9 Å². The summed E-state index contributed by atoms with van der Waals surface area (Å²) in [6, 6.07) is 7.58. The van der Waals surface area contributed by atoms with Crippen molar-refractivity contribution in [2.45, 2.75) is 37.3 Å². The first kappa shape index (κ1) is 21.8. The summed E-state index contributed by atoms with van der Waals surface area (Å²) in [5.74, 6) is -0.306. The fourth-order valence-corrected chi connectivity index (χ4v) is 3.36. The van der Waals surface area contributed by atoms with Gasteiger partial charge in [0.1, 0.15) is 5.82 Å². The van der Waals surface area contributed by atoms with Gasteiger partial charge in [-0.25, -0.2) is 19.0 Å². The van der Waals surface area contributed by atoms with Gasteiger partial charge in [-0.1, -0.05) is 17.0 Å². The van der Waals surface area contributed by atoms with Crippen molar-refractivity contribution in [3.63, 3.8) is 0 Å². The number of carbonyl (C=O) groups excluding carboxylic acids is 1. The third kappa shape index (κ3) is 6.07. The predicted octanol–water partition coefficient (Wildman–Crippen LogP) is 3.03. The van der Waals surface area contributed by atoms with E-state index in [1.807, 2.05) is 13.8 Å². The van der Waals surface area contributed by atoms with Crippen LogP contribution < -0.4 is 5.32 Å². The van der Waals surface area contributed by atoms with E-state index < -0.39 is 0 Å². The summed E-state index contributed by atoms with van der Waals surface area (Å²) in [6.45, 7) is 4.96. The zero-order valence-electron chi connectivity index (χ0n) is 16.8. The van der Waals surface area contributed by atoms with Crippen molar-refractivity contribution in [3.05, 3.63) is 59.9 Å². The number of hydrogen-bond acceptors (Lipinski definition) is 7. The van der Waals surface area contributed by atoms with Crippen LogP contribution in [0.15, 0.2) is 47.9 Å². The lowest BCUT2D eigenvalue weighted by Crippen LogP contribution is -2.27. The number of carbonyl (C=O) groups is 1. The van der Waals surface area contributed by atoms with Crippen LogP contribution in [-0.4, -0.2) is 50.1 Å². The number of halogens is 1. The summed E-state index contributed by atoms with van der Waals surface area (Å²) in [5, 5.41) is 11.6. The van der Waals surface area contributed by atoms with Gasteiger partial charge < -0.3 is 10.1 Å². The number of rotatable bonds is 10. The minimum Gasteiger partial charge on any atom is -0.379 e. The SMILES string of the molecule is CC(C)OCCCNC(=O)c1nnn(-c2ccc(F)cc2)c1CSc1ncccn1. The van der Waals surface area contributed by atoms with E-state index in [4.69, 9.17) is 4.74 Å². The molecule has 0 atom stereocenters. The fourth-order valence-electron chi connectivity index (χ4n) is 2.57. The number of nitrogens with one attached hydrogen (secondary N) is 1. The van der Waals surface area contributed by atoms with Crippen molar-refractivity contribution in [3.8, 4) is 5.69 Å². The van der Waals surface area contributed by atoms with Crippen LogP contribution in [-0.2, 0) is 10.5 Å². The average Bonchev–Trinajstić information content (AvgIpc) is 3.17. The number of ether oxygens (including phenoxy) is 1. The van der Waals surface area contributed by atoms with Gasteiger partial charge in [0.2, 0.25) is 0 Å². The zero-order chi connectivity index (χ0) is 21.3. The second kappa shape index (κ2) is 10.8. The van der Waals surface area contributed by atoms with Gasteiger partial charge in [-0.3, -0.25) is 4.79 Å². The maximum Gasteiger partial charge on any atom is 0.273 e. The third-order valence-corrected chi connectivity index (χ3v) is 4.87. The molecular weight excluding hydrogens is 407 g/mol. The number of thioether (sulfide) groups is 1. The Balaban J connectivity index is 1.76. The highest BCUT2D eigenvalue weighted by molar-refractivity contribution is 7.98. The van der Waals surface area contributed by atoms with Gasteiger partial charge in [0, 0.05) is 31.3 Å². The van der Waals surface area contributed by atoms with E-state index in [1.54, 1.807) is 30.6 Å². The van der Waals surface area contributed by atoms with E-state index in [1.165, 1.54) is 28.6 Å². The van der Waals surface area contributed by atoms with E-state index in [2.05, 4.69) is 25.6 Å². The van der Waals surface area contributed by atoms with E-state index in [9.17, 15) is 9.18 Å². The lowest BCUT2D eigenvalue weighted by atomic mass is 10.2. The molecule has 30 heavy (non-hydrogen) atoms. The Morgan fingerprint density at radius 3 is 2.67 bits per heavy atom. The van der Waals surface area contributed by atoms with Crippen molar-refractivity contribution >= 4 is 17.7 Å². The number of amides is 1. The van der Waals surface area contributed by atoms with E-state index in [-0.39, 0.29) is 23.5 Å². The van der Waals surface area contributed by atoms with E-state index in [0.717, 1.165) is 0 Å². The van der Waals surface area contributed by atoms with Gasteiger partial charge in [-0.15, -0.1) is 5.10 Å². The maximum atomic E-state index is 13.3. The van der Waals surface area contributed by atoms with Crippen molar-refractivity contribution in [1.82, 2.24) is 30.3 Å². The van der Waals surface area contributed by atoms with Crippen LogP contribution in [0.2, 0.25) is 0 Å². The molecule has 3 aromatic rings. The molecule has 0 aliphatic rings. The van der Waals surface area contributed by atoms with Crippen molar-refractivity contribution in [2.24, 2.45) is 0 Å². The van der Waals surface area contributed by atoms with Gasteiger partial charge >= 0.3 is 0 Å². The minimum atomic E-state index is -0.353. The second-order valence-corrected chi connectivity index (χ2v) is 7.56. The Morgan fingerprint density at radius 1 is 1.23 bits per heavy atom. The molecule has 158 valence electrons. The van der Waals surface area contributed by atoms with Crippen LogP contribution in [0.25, 0.3) is 5.69 Å². The quantitative estimate of drug-likeness (QED) is 0.300. The van der Waals surface area contributed by atoms with E-state index in [0.29, 0.717) is 41.9 Å². The topological polar surface area (TPSA) is 94.8 Å². The zero-order valence-corrected chi connectivity index (χ0v) is 17.6. The molecule has 8 nitrogen and oxygen atoms in total. The van der Waals surface area contributed by atoms with Gasteiger partial charge in [-0.2, -0.15) is 0 Å². The van der Waals surface area contributed by atoms with Crippen LogP contribution in [0.1, 0.15) is 36.5 Å². The molecule has 0 saturated heterocycles. The molecule has 0 unspecified atom stereocenters.